The van der Waals surface area contributed by atoms with Crippen molar-refractivity contribution in [3.8, 4) is 11.5 Å². The van der Waals surface area contributed by atoms with Crippen molar-refractivity contribution >= 4 is 29.3 Å². The maximum Gasteiger partial charge on any atom is 0.266 e. The second-order valence-corrected chi connectivity index (χ2v) is 7.97. The van der Waals surface area contributed by atoms with Gasteiger partial charge < -0.3 is 14.5 Å². The summed E-state index contributed by atoms with van der Waals surface area (Å²) in [6.07, 6.45) is 5.58. The van der Waals surface area contributed by atoms with Crippen molar-refractivity contribution in [1.29, 1.82) is 0 Å². The molecule has 148 valence electrons. The number of fused-ring (bicyclic) bond motifs is 1. The number of rotatable bonds is 5. The summed E-state index contributed by atoms with van der Waals surface area (Å²) in [6, 6.07) is 13.4. The fourth-order valence-electron chi connectivity index (χ4n) is 3.33. The van der Waals surface area contributed by atoms with Gasteiger partial charge >= 0.3 is 0 Å². The van der Waals surface area contributed by atoms with Crippen LogP contribution in [-0.4, -0.2) is 24.5 Å². The lowest BCUT2D eigenvalue weighted by molar-refractivity contribution is -0.112. The Balaban J connectivity index is 1.57. The van der Waals surface area contributed by atoms with Gasteiger partial charge in [-0.05, 0) is 59.9 Å². The number of nitrogens with one attached hydrogen (secondary N) is 1. The fourth-order valence-corrected chi connectivity index (χ4v) is 4.24. The van der Waals surface area contributed by atoms with Gasteiger partial charge in [0.1, 0.15) is 11.5 Å². The largest absolute Gasteiger partial charge is 0.497 e. The zero-order valence-electron chi connectivity index (χ0n) is 16.1. The Morgan fingerprint density at radius 3 is 3.03 bits per heavy atom. The lowest BCUT2D eigenvalue weighted by Crippen LogP contribution is -2.20. The number of H-pyrrole nitrogens is 1. The number of ether oxygens (including phenoxy) is 2. The first-order valence-electron chi connectivity index (χ1n) is 9.45. The van der Waals surface area contributed by atoms with Gasteiger partial charge in [-0.15, -0.1) is 11.3 Å². The van der Waals surface area contributed by atoms with Crippen molar-refractivity contribution in [2.75, 3.05) is 13.7 Å². The van der Waals surface area contributed by atoms with Crippen molar-refractivity contribution < 1.29 is 14.3 Å². The number of benzene rings is 2. The van der Waals surface area contributed by atoms with Gasteiger partial charge in [-0.1, -0.05) is 18.2 Å². The third-order valence-corrected chi connectivity index (χ3v) is 5.68. The van der Waals surface area contributed by atoms with E-state index in [0.29, 0.717) is 14.9 Å². The van der Waals surface area contributed by atoms with Crippen LogP contribution in [0.4, 0.5) is 0 Å². The molecule has 0 atom stereocenters. The molecule has 29 heavy (non-hydrogen) atoms. The van der Waals surface area contributed by atoms with Crippen molar-refractivity contribution in [3.63, 3.8) is 0 Å². The summed E-state index contributed by atoms with van der Waals surface area (Å²) in [5.41, 5.74) is 2.80. The highest BCUT2D eigenvalue weighted by atomic mass is 32.1. The van der Waals surface area contributed by atoms with Crippen molar-refractivity contribution in [2.45, 2.75) is 19.3 Å². The maximum atomic E-state index is 12.4. The molecule has 0 amide bonds. The summed E-state index contributed by atoms with van der Waals surface area (Å²) in [6.45, 7) is 0.754. The molecule has 1 aromatic heterocycles. The summed E-state index contributed by atoms with van der Waals surface area (Å²) in [7, 11) is 1.59. The van der Waals surface area contributed by atoms with Gasteiger partial charge in [-0.3, -0.25) is 9.59 Å². The molecular weight excluding hydrogens is 386 g/mol. The molecule has 0 saturated heterocycles. The minimum atomic E-state index is -0.190. The summed E-state index contributed by atoms with van der Waals surface area (Å²) < 4.78 is 11.9. The van der Waals surface area contributed by atoms with Crippen LogP contribution in [0.2, 0.25) is 0 Å². The molecule has 0 fully saturated rings. The van der Waals surface area contributed by atoms with Gasteiger partial charge in [0.2, 0.25) is 0 Å². The molecule has 3 aromatic rings. The molecule has 1 N–H and O–H groups in total. The molecule has 0 bridgehead atoms. The van der Waals surface area contributed by atoms with Crippen LogP contribution in [0.1, 0.15) is 23.1 Å². The van der Waals surface area contributed by atoms with Crippen LogP contribution in [0.15, 0.2) is 47.3 Å². The molecule has 1 aliphatic rings. The van der Waals surface area contributed by atoms with Gasteiger partial charge in [-0.25, -0.2) is 0 Å². The average molecular weight is 407 g/mol. The van der Waals surface area contributed by atoms with E-state index >= 15 is 0 Å². The van der Waals surface area contributed by atoms with Gasteiger partial charge in [0.15, 0.2) is 5.78 Å². The van der Waals surface area contributed by atoms with Crippen molar-refractivity contribution in [1.82, 2.24) is 4.98 Å². The Hall–Kier alpha value is -3.12. The summed E-state index contributed by atoms with van der Waals surface area (Å²) in [4.78, 5) is 27.5. The first-order chi connectivity index (χ1) is 14.1. The number of thiazole rings is 1. The average Bonchev–Trinajstić information content (AvgIpc) is 3.06. The lowest BCUT2D eigenvalue weighted by Gasteiger charge is -2.17. The zero-order valence-corrected chi connectivity index (χ0v) is 16.9. The van der Waals surface area contributed by atoms with Crippen molar-refractivity contribution in [2.24, 2.45) is 0 Å². The SMILES string of the molecule is COc1cccc(CC(=O)/C=c2\[nH]c(=O)/c(=C/c3ccc4c(c3)CCCO4)s2)c1. The summed E-state index contributed by atoms with van der Waals surface area (Å²) in [5.74, 6) is 1.56. The summed E-state index contributed by atoms with van der Waals surface area (Å²) >= 11 is 1.28. The van der Waals surface area contributed by atoms with Crippen LogP contribution in [0, 0.1) is 0 Å². The molecule has 6 heteroatoms. The molecule has 2 heterocycles. The number of methoxy groups -OCH3 is 1. The fraction of sp³-hybridized carbons (Fsp3) is 0.217. The number of carbonyl (C=O) groups excluding carboxylic acids is 1. The molecule has 0 unspecified atom stereocenters. The molecule has 5 nitrogen and oxygen atoms in total. The topological polar surface area (TPSA) is 68.4 Å². The Morgan fingerprint density at radius 2 is 2.17 bits per heavy atom. The second kappa shape index (κ2) is 8.49. The Labute approximate surface area is 171 Å². The highest BCUT2D eigenvalue weighted by Crippen LogP contribution is 2.25. The van der Waals surface area contributed by atoms with Crippen LogP contribution in [0.3, 0.4) is 0 Å². The number of aryl methyl sites for hydroxylation is 1. The number of Topliss-reactive ketones (excluding diaryl/α,β-unsaturated/α-hetero) is 1. The molecule has 4 rings (SSSR count). The standard InChI is InChI=1S/C23H21NO4S/c1-27-19-6-2-4-15(12-19)11-18(25)14-22-24-23(26)21(29-22)13-16-7-8-20-17(10-16)5-3-9-28-20/h2,4,6-8,10,12-14H,3,5,9,11H2,1H3,(H,24,26)/b21-13-,22-14+. The van der Waals surface area contributed by atoms with E-state index in [-0.39, 0.29) is 17.8 Å². The number of carbonyl (C=O) groups is 1. The first-order valence-corrected chi connectivity index (χ1v) is 10.3. The zero-order chi connectivity index (χ0) is 20.2. The Kier molecular flexibility index (Phi) is 5.62. The maximum absolute atomic E-state index is 12.4. The van der Waals surface area contributed by atoms with Crippen molar-refractivity contribution in [3.05, 3.63) is 78.7 Å². The van der Waals surface area contributed by atoms with Gasteiger partial charge in [0, 0.05) is 12.5 Å². The summed E-state index contributed by atoms with van der Waals surface area (Å²) in [5, 5.41) is 0. The smallest absolute Gasteiger partial charge is 0.266 e. The van der Waals surface area contributed by atoms with E-state index in [2.05, 4.69) is 11.1 Å². The van der Waals surface area contributed by atoms with E-state index < -0.39 is 0 Å². The molecule has 0 saturated carbocycles. The number of hydrogen-bond acceptors (Lipinski definition) is 5. The van der Waals surface area contributed by atoms with Crippen LogP contribution < -0.4 is 24.2 Å². The monoisotopic (exact) mass is 407 g/mol. The molecule has 1 aliphatic heterocycles. The van der Waals surface area contributed by atoms with E-state index in [1.54, 1.807) is 7.11 Å². The van der Waals surface area contributed by atoms with E-state index in [1.165, 1.54) is 23.0 Å². The van der Waals surface area contributed by atoms with Gasteiger partial charge in [0.05, 0.1) is 22.9 Å². The van der Waals surface area contributed by atoms with E-state index in [1.807, 2.05) is 42.5 Å². The van der Waals surface area contributed by atoms with Gasteiger partial charge in [0.25, 0.3) is 5.56 Å². The first kappa shape index (κ1) is 19.2. The van der Waals surface area contributed by atoms with Crippen LogP contribution in [-0.2, 0) is 17.6 Å². The third-order valence-electron chi connectivity index (χ3n) is 4.72. The van der Waals surface area contributed by atoms with Crippen LogP contribution in [0.25, 0.3) is 12.2 Å². The van der Waals surface area contributed by atoms with Crippen LogP contribution >= 0.6 is 11.3 Å². The second-order valence-electron chi connectivity index (χ2n) is 6.89. The molecule has 0 radical (unpaired) electrons. The Morgan fingerprint density at radius 1 is 1.28 bits per heavy atom. The molecule has 2 aromatic carbocycles. The number of ketones is 1. The van der Waals surface area contributed by atoms with E-state index in [0.717, 1.165) is 36.3 Å². The normalized spacial score (nSPS) is 14.4. The predicted octanol–water partition coefficient (Wildman–Crippen LogP) is 2.19. The lowest BCUT2D eigenvalue weighted by atomic mass is 10.0. The quantitative estimate of drug-likeness (QED) is 0.704. The molecule has 0 aliphatic carbocycles. The van der Waals surface area contributed by atoms with Crippen LogP contribution in [0.5, 0.6) is 11.5 Å². The Bertz CT molecular complexity index is 1220. The van der Waals surface area contributed by atoms with Gasteiger partial charge in [-0.2, -0.15) is 0 Å². The number of hydrogen-bond donors (Lipinski definition) is 1. The van der Waals surface area contributed by atoms with E-state index in [4.69, 9.17) is 9.47 Å². The highest BCUT2D eigenvalue weighted by molar-refractivity contribution is 7.07. The third kappa shape index (κ3) is 4.66. The predicted molar refractivity (Wildman–Crippen MR) is 114 cm³/mol. The minimum absolute atomic E-state index is 0.0757. The molecule has 0 spiro atoms. The number of aromatic nitrogens is 1. The number of aromatic amines is 1. The minimum Gasteiger partial charge on any atom is -0.497 e. The molecular formula is C23H21NO4S. The highest BCUT2D eigenvalue weighted by Gasteiger charge is 2.10. The van der Waals surface area contributed by atoms with E-state index in [9.17, 15) is 9.59 Å².